The lowest BCUT2D eigenvalue weighted by Crippen LogP contribution is -2.22. The highest BCUT2D eigenvalue weighted by molar-refractivity contribution is 5.32. The number of rotatable bonds is 5. The van der Waals surface area contributed by atoms with E-state index >= 15 is 0 Å². The normalized spacial score (nSPS) is 19.1. The molecule has 116 valence electrons. The van der Waals surface area contributed by atoms with E-state index in [1.165, 1.54) is 32.1 Å². The second kappa shape index (κ2) is 5.90. The third-order valence-electron chi connectivity index (χ3n) is 4.05. The third-order valence-corrected chi connectivity index (χ3v) is 4.05. The molecule has 2 aliphatic rings. The van der Waals surface area contributed by atoms with Crippen LogP contribution in [0.2, 0.25) is 0 Å². The van der Waals surface area contributed by atoms with Crippen molar-refractivity contribution >= 4 is 5.95 Å². The molecule has 2 saturated carbocycles. The molecule has 7 nitrogen and oxygen atoms in total. The highest BCUT2D eigenvalue weighted by Gasteiger charge is 2.24. The summed E-state index contributed by atoms with van der Waals surface area (Å²) in [6.07, 6.45) is 12.0. The molecule has 22 heavy (non-hydrogen) atoms. The molecular formula is C15H20N6O. The monoisotopic (exact) mass is 300 g/mol. The average Bonchev–Trinajstić information content (AvgIpc) is 3.17. The molecule has 0 spiro atoms. The lowest BCUT2D eigenvalue weighted by molar-refractivity contribution is 0.141. The van der Waals surface area contributed by atoms with Gasteiger partial charge in [0.25, 0.3) is 5.95 Å². The van der Waals surface area contributed by atoms with E-state index in [1.807, 2.05) is 12.3 Å². The predicted octanol–water partition coefficient (Wildman–Crippen LogP) is 2.34. The standard InChI is InChI=1S/C15H20N6O/c1-2-5-12(6-3-1)22-15-19-13(17-11-7-8-11)18-14(20-15)21-10-4-9-16-21/h4,9-12H,1-3,5-8H2,(H,17,18,19,20). The van der Waals surface area contributed by atoms with Gasteiger partial charge in [-0.25, -0.2) is 4.68 Å². The van der Waals surface area contributed by atoms with E-state index < -0.39 is 0 Å². The molecule has 0 aliphatic heterocycles. The fourth-order valence-electron chi connectivity index (χ4n) is 2.69. The van der Waals surface area contributed by atoms with Crippen molar-refractivity contribution in [3.63, 3.8) is 0 Å². The molecule has 2 heterocycles. The maximum absolute atomic E-state index is 5.99. The Morgan fingerprint density at radius 3 is 2.64 bits per heavy atom. The third kappa shape index (κ3) is 3.18. The van der Waals surface area contributed by atoms with Crippen LogP contribution < -0.4 is 10.1 Å². The molecular weight excluding hydrogens is 280 g/mol. The molecule has 0 unspecified atom stereocenters. The molecule has 0 saturated heterocycles. The van der Waals surface area contributed by atoms with Crippen molar-refractivity contribution < 1.29 is 4.74 Å². The number of ether oxygens (including phenoxy) is 1. The highest BCUT2D eigenvalue weighted by Crippen LogP contribution is 2.25. The van der Waals surface area contributed by atoms with Crippen LogP contribution in [0.25, 0.3) is 5.95 Å². The van der Waals surface area contributed by atoms with Gasteiger partial charge in [0.05, 0.1) is 0 Å². The molecule has 0 amide bonds. The van der Waals surface area contributed by atoms with Gasteiger partial charge in [0.15, 0.2) is 0 Å². The minimum atomic E-state index is 0.218. The van der Waals surface area contributed by atoms with Gasteiger partial charge in [0.2, 0.25) is 5.95 Å². The van der Waals surface area contributed by atoms with Gasteiger partial charge in [-0.15, -0.1) is 0 Å². The summed E-state index contributed by atoms with van der Waals surface area (Å²) < 4.78 is 7.63. The van der Waals surface area contributed by atoms with Gasteiger partial charge in [-0.05, 0) is 44.6 Å². The van der Waals surface area contributed by atoms with E-state index in [-0.39, 0.29) is 6.10 Å². The van der Waals surface area contributed by atoms with Crippen molar-refractivity contribution in [2.45, 2.75) is 57.1 Å². The van der Waals surface area contributed by atoms with Crippen LogP contribution in [-0.4, -0.2) is 36.9 Å². The van der Waals surface area contributed by atoms with Crippen LogP contribution in [-0.2, 0) is 0 Å². The van der Waals surface area contributed by atoms with Gasteiger partial charge >= 0.3 is 6.01 Å². The number of anilines is 1. The number of nitrogens with zero attached hydrogens (tertiary/aromatic N) is 5. The maximum Gasteiger partial charge on any atom is 0.323 e. The summed E-state index contributed by atoms with van der Waals surface area (Å²) in [6, 6.07) is 2.73. The van der Waals surface area contributed by atoms with Crippen LogP contribution in [0.15, 0.2) is 18.5 Å². The zero-order chi connectivity index (χ0) is 14.8. The zero-order valence-corrected chi connectivity index (χ0v) is 12.5. The minimum absolute atomic E-state index is 0.218. The molecule has 2 aliphatic carbocycles. The van der Waals surface area contributed by atoms with Crippen LogP contribution in [0.5, 0.6) is 6.01 Å². The number of hydrogen-bond donors (Lipinski definition) is 1. The van der Waals surface area contributed by atoms with Gasteiger partial charge < -0.3 is 10.1 Å². The first kappa shape index (κ1) is 13.5. The first-order valence-electron chi connectivity index (χ1n) is 8.06. The van der Waals surface area contributed by atoms with Crippen LogP contribution in [0.1, 0.15) is 44.9 Å². The van der Waals surface area contributed by atoms with E-state index in [9.17, 15) is 0 Å². The Balaban J connectivity index is 1.59. The summed E-state index contributed by atoms with van der Waals surface area (Å²) in [5, 5.41) is 7.50. The Kier molecular flexibility index (Phi) is 3.62. The second-order valence-electron chi connectivity index (χ2n) is 5.99. The molecule has 4 rings (SSSR count). The summed E-state index contributed by atoms with van der Waals surface area (Å²) in [5.74, 6) is 1.07. The number of aromatic nitrogens is 5. The lowest BCUT2D eigenvalue weighted by Gasteiger charge is -2.22. The van der Waals surface area contributed by atoms with Crippen LogP contribution in [0.4, 0.5) is 5.95 Å². The van der Waals surface area contributed by atoms with Gasteiger partial charge in [0, 0.05) is 18.4 Å². The van der Waals surface area contributed by atoms with Gasteiger partial charge in [-0.2, -0.15) is 20.1 Å². The van der Waals surface area contributed by atoms with Crippen molar-refractivity contribution in [1.82, 2.24) is 24.7 Å². The number of hydrogen-bond acceptors (Lipinski definition) is 6. The quantitative estimate of drug-likeness (QED) is 0.913. The van der Waals surface area contributed by atoms with Crippen LogP contribution in [0, 0.1) is 0 Å². The summed E-state index contributed by atoms with van der Waals surface area (Å²) in [4.78, 5) is 13.3. The minimum Gasteiger partial charge on any atom is -0.460 e. The van der Waals surface area contributed by atoms with Crippen LogP contribution >= 0.6 is 0 Å². The summed E-state index contributed by atoms with van der Waals surface area (Å²) in [6.45, 7) is 0. The smallest absolute Gasteiger partial charge is 0.323 e. The van der Waals surface area contributed by atoms with Crippen molar-refractivity contribution in [3.05, 3.63) is 18.5 Å². The topological polar surface area (TPSA) is 77.8 Å². The van der Waals surface area contributed by atoms with Crippen molar-refractivity contribution in [1.29, 1.82) is 0 Å². The van der Waals surface area contributed by atoms with Gasteiger partial charge in [-0.1, -0.05) is 6.42 Å². The molecule has 7 heteroatoms. The molecule has 0 radical (unpaired) electrons. The van der Waals surface area contributed by atoms with E-state index in [2.05, 4.69) is 25.4 Å². The largest absolute Gasteiger partial charge is 0.460 e. The SMILES string of the molecule is c1cnn(-c2nc(NC3CC3)nc(OC3CCCCC3)n2)c1. The fourth-order valence-corrected chi connectivity index (χ4v) is 2.69. The number of nitrogens with one attached hydrogen (secondary N) is 1. The van der Waals surface area contributed by atoms with E-state index in [4.69, 9.17) is 4.74 Å². The molecule has 2 aromatic rings. The van der Waals surface area contributed by atoms with E-state index in [0.29, 0.717) is 23.9 Å². The van der Waals surface area contributed by atoms with Gasteiger partial charge in [0.1, 0.15) is 6.10 Å². The molecule has 0 aromatic carbocycles. The predicted molar refractivity (Wildman–Crippen MR) is 81.1 cm³/mol. The highest BCUT2D eigenvalue weighted by atomic mass is 16.5. The molecule has 1 N–H and O–H groups in total. The Bertz CT molecular complexity index is 619. The fraction of sp³-hybridized carbons (Fsp3) is 0.600. The summed E-state index contributed by atoms with van der Waals surface area (Å²) >= 11 is 0. The maximum atomic E-state index is 5.99. The Labute approximate surface area is 129 Å². The molecule has 2 fully saturated rings. The Morgan fingerprint density at radius 2 is 1.91 bits per heavy atom. The van der Waals surface area contributed by atoms with Crippen molar-refractivity contribution in [2.24, 2.45) is 0 Å². The zero-order valence-electron chi connectivity index (χ0n) is 12.5. The average molecular weight is 300 g/mol. The second-order valence-corrected chi connectivity index (χ2v) is 5.99. The Hall–Kier alpha value is -2.18. The molecule has 0 bridgehead atoms. The molecule has 0 atom stereocenters. The van der Waals surface area contributed by atoms with Crippen molar-refractivity contribution in [3.8, 4) is 12.0 Å². The van der Waals surface area contributed by atoms with E-state index in [1.54, 1.807) is 10.9 Å². The first-order chi connectivity index (χ1) is 10.9. The Morgan fingerprint density at radius 1 is 1.05 bits per heavy atom. The molecule has 2 aromatic heterocycles. The summed E-state index contributed by atoms with van der Waals surface area (Å²) in [7, 11) is 0. The first-order valence-corrected chi connectivity index (χ1v) is 8.06. The summed E-state index contributed by atoms with van der Waals surface area (Å²) in [5.41, 5.74) is 0. The van der Waals surface area contributed by atoms with Crippen LogP contribution in [0.3, 0.4) is 0 Å². The van der Waals surface area contributed by atoms with E-state index in [0.717, 1.165) is 12.8 Å². The van der Waals surface area contributed by atoms with Gasteiger partial charge in [-0.3, -0.25) is 0 Å². The lowest BCUT2D eigenvalue weighted by atomic mass is 9.98. The van der Waals surface area contributed by atoms with Crippen molar-refractivity contribution in [2.75, 3.05) is 5.32 Å².